The second-order valence-electron chi connectivity index (χ2n) is 5.29. The van der Waals surface area contributed by atoms with Crippen molar-refractivity contribution >= 4 is 5.91 Å². The van der Waals surface area contributed by atoms with E-state index >= 15 is 0 Å². The van der Waals surface area contributed by atoms with Crippen molar-refractivity contribution in [2.75, 3.05) is 20.3 Å². The zero-order valence-corrected chi connectivity index (χ0v) is 13.3. The predicted molar refractivity (Wildman–Crippen MR) is 83.1 cm³/mol. The van der Waals surface area contributed by atoms with E-state index < -0.39 is 0 Å². The molecule has 0 saturated carbocycles. The maximum atomic E-state index is 12.3. The Morgan fingerprint density at radius 1 is 1.30 bits per heavy atom. The number of hydrogen-bond donors (Lipinski definition) is 1. The number of nitrogens with one attached hydrogen (secondary N) is 1. The third-order valence-electron chi connectivity index (χ3n) is 3.69. The second kappa shape index (κ2) is 6.20. The van der Waals surface area contributed by atoms with E-state index in [9.17, 15) is 4.79 Å². The normalized spacial score (nSPS) is 14.2. The zero-order valence-electron chi connectivity index (χ0n) is 13.3. The van der Waals surface area contributed by atoms with Crippen LogP contribution >= 0.6 is 0 Å². The molecule has 122 valence electrons. The molecule has 0 bridgehead atoms. The Labute approximate surface area is 134 Å². The molecule has 0 spiro atoms. The zero-order chi connectivity index (χ0) is 16.4. The Morgan fingerprint density at radius 3 is 2.74 bits per heavy atom. The molecule has 1 N–H and O–H groups in total. The van der Waals surface area contributed by atoms with Crippen molar-refractivity contribution in [1.82, 2.24) is 15.1 Å². The summed E-state index contributed by atoms with van der Waals surface area (Å²) >= 11 is 0. The Kier molecular flexibility index (Phi) is 4.10. The molecule has 1 atom stereocenters. The summed E-state index contributed by atoms with van der Waals surface area (Å²) in [6.07, 6.45) is 0. The Balaban J connectivity index is 1.73. The van der Waals surface area contributed by atoms with Crippen LogP contribution in [0.5, 0.6) is 17.4 Å². The molecule has 1 amide bonds. The molecule has 0 saturated heterocycles. The quantitative estimate of drug-likeness (QED) is 0.929. The van der Waals surface area contributed by atoms with Gasteiger partial charge in [-0.3, -0.25) is 4.79 Å². The number of hydrogen-bond acceptors (Lipinski definition) is 5. The van der Waals surface area contributed by atoms with Gasteiger partial charge in [-0.2, -0.15) is 5.10 Å². The molecule has 3 rings (SSSR count). The van der Waals surface area contributed by atoms with Crippen molar-refractivity contribution in [3.05, 3.63) is 35.5 Å². The fourth-order valence-electron chi connectivity index (χ4n) is 2.44. The van der Waals surface area contributed by atoms with Crippen LogP contribution in [0.2, 0.25) is 0 Å². The van der Waals surface area contributed by atoms with Gasteiger partial charge in [0.15, 0.2) is 17.2 Å². The van der Waals surface area contributed by atoms with E-state index in [0.717, 1.165) is 11.3 Å². The highest BCUT2D eigenvalue weighted by Crippen LogP contribution is 2.32. The molecule has 0 radical (unpaired) electrons. The molecule has 2 aromatic rings. The molecule has 7 heteroatoms. The van der Waals surface area contributed by atoms with Crippen molar-refractivity contribution < 1.29 is 19.0 Å². The summed E-state index contributed by atoms with van der Waals surface area (Å²) in [5.74, 6) is 1.70. The monoisotopic (exact) mass is 317 g/mol. The average Bonchev–Trinajstić information content (AvgIpc) is 2.95. The lowest BCUT2D eigenvalue weighted by Crippen LogP contribution is -2.27. The number of aryl methyl sites for hydroxylation is 1. The van der Waals surface area contributed by atoms with Gasteiger partial charge >= 0.3 is 0 Å². The Bertz CT molecular complexity index is 726. The topological polar surface area (TPSA) is 74.6 Å². The van der Waals surface area contributed by atoms with Gasteiger partial charge in [0, 0.05) is 13.1 Å². The van der Waals surface area contributed by atoms with Gasteiger partial charge in [-0.05, 0) is 24.6 Å². The predicted octanol–water partition coefficient (Wildman–Crippen LogP) is 1.69. The molecule has 1 aromatic heterocycles. The molecule has 0 aliphatic carbocycles. The first-order valence-electron chi connectivity index (χ1n) is 7.37. The van der Waals surface area contributed by atoms with Crippen LogP contribution in [-0.4, -0.2) is 36.0 Å². The van der Waals surface area contributed by atoms with Crippen molar-refractivity contribution in [2.45, 2.75) is 13.0 Å². The summed E-state index contributed by atoms with van der Waals surface area (Å²) < 4.78 is 17.7. The highest BCUT2D eigenvalue weighted by molar-refractivity contribution is 5.92. The van der Waals surface area contributed by atoms with Crippen LogP contribution in [0.1, 0.15) is 29.0 Å². The van der Waals surface area contributed by atoms with E-state index in [2.05, 4.69) is 10.4 Å². The summed E-state index contributed by atoms with van der Waals surface area (Å²) in [6.45, 7) is 2.99. The van der Waals surface area contributed by atoms with Crippen molar-refractivity contribution in [3.63, 3.8) is 0 Å². The van der Waals surface area contributed by atoms with Gasteiger partial charge in [0.05, 0.1) is 13.2 Å². The first-order chi connectivity index (χ1) is 11.1. The maximum Gasteiger partial charge on any atom is 0.272 e. The molecule has 23 heavy (non-hydrogen) atoms. The van der Waals surface area contributed by atoms with E-state index in [1.807, 2.05) is 25.1 Å². The SMILES string of the molecule is COc1cc(C(=O)NC(C)c2ccc3c(c2)OCCO3)nn1C. The number of rotatable bonds is 4. The van der Waals surface area contributed by atoms with Crippen LogP contribution in [0, 0.1) is 0 Å². The summed E-state index contributed by atoms with van der Waals surface area (Å²) in [4.78, 5) is 12.3. The standard InChI is InChI=1S/C16H19N3O4/c1-10(11-4-5-13-14(8-11)23-7-6-22-13)17-16(20)12-9-15(21-3)19(2)18-12/h4-5,8-10H,6-7H2,1-3H3,(H,17,20). The third-order valence-corrected chi connectivity index (χ3v) is 3.69. The number of carbonyl (C=O) groups is 1. The summed E-state index contributed by atoms with van der Waals surface area (Å²) in [7, 11) is 3.26. The lowest BCUT2D eigenvalue weighted by Gasteiger charge is -2.21. The van der Waals surface area contributed by atoms with Gasteiger partial charge in [0.1, 0.15) is 13.2 Å². The number of methoxy groups -OCH3 is 1. The molecular formula is C16H19N3O4. The first kappa shape index (κ1) is 15.2. The van der Waals surface area contributed by atoms with Crippen LogP contribution in [-0.2, 0) is 7.05 Å². The van der Waals surface area contributed by atoms with E-state index in [1.54, 1.807) is 13.1 Å². The first-order valence-corrected chi connectivity index (χ1v) is 7.37. The maximum absolute atomic E-state index is 12.3. The molecule has 1 aromatic carbocycles. The number of ether oxygens (including phenoxy) is 3. The highest BCUT2D eigenvalue weighted by Gasteiger charge is 2.18. The lowest BCUT2D eigenvalue weighted by atomic mass is 10.1. The Hall–Kier alpha value is -2.70. The minimum absolute atomic E-state index is 0.189. The van der Waals surface area contributed by atoms with Crippen molar-refractivity contribution in [1.29, 1.82) is 0 Å². The van der Waals surface area contributed by atoms with E-state index in [-0.39, 0.29) is 11.9 Å². The van der Waals surface area contributed by atoms with Gasteiger partial charge in [-0.15, -0.1) is 0 Å². The molecule has 1 unspecified atom stereocenters. The molecule has 1 aliphatic heterocycles. The van der Waals surface area contributed by atoms with Crippen LogP contribution < -0.4 is 19.5 Å². The number of benzene rings is 1. The van der Waals surface area contributed by atoms with Crippen LogP contribution in [0.25, 0.3) is 0 Å². The van der Waals surface area contributed by atoms with E-state index in [1.165, 1.54) is 11.8 Å². The van der Waals surface area contributed by atoms with Crippen LogP contribution in [0.4, 0.5) is 0 Å². The molecule has 2 heterocycles. The largest absolute Gasteiger partial charge is 0.486 e. The van der Waals surface area contributed by atoms with Gasteiger partial charge in [0.25, 0.3) is 5.91 Å². The third kappa shape index (κ3) is 3.08. The summed E-state index contributed by atoms with van der Waals surface area (Å²) in [5.41, 5.74) is 1.25. The summed E-state index contributed by atoms with van der Waals surface area (Å²) in [6, 6.07) is 7.07. The van der Waals surface area contributed by atoms with Gasteiger partial charge < -0.3 is 19.5 Å². The van der Waals surface area contributed by atoms with Crippen molar-refractivity contribution in [3.8, 4) is 17.4 Å². The minimum Gasteiger partial charge on any atom is -0.486 e. The summed E-state index contributed by atoms with van der Waals surface area (Å²) in [5, 5.41) is 7.05. The molecule has 0 fully saturated rings. The number of fused-ring (bicyclic) bond motifs is 1. The Morgan fingerprint density at radius 2 is 2.04 bits per heavy atom. The van der Waals surface area contributed by atoms with Gasteiger partial charge in [-0.1, -0.05) is 6.07 Å². The number of nitrogens with zero attached hydrogens (tertiary/aromatic N) is 2. The van der Waals surface area contributed by atoms with Crippen molar-refractivity contribution in [2.24, 2.45) is 7.05 Å². The van der Waals surface area contributed by atoms with Crippen LogP contribution in [0.3, 0.4) is 0 Å². The smallest absolute Gasteiger partial charge is 0.272 e. The average molecular weight is 317 g/mol. The number of aromatic nitrogens is 2. The number of amides is 1. The molecular weight excluding hydrogens is 298 g/mol. The molecule has 7 nitrogen and oxygen atoms in total. The van der Waals surface area contributed by atoms with E-state index in [0.29, 0.717) is 30.5 Å². The highest BCUT2D eigenvalue weighted by atomic mass is 16.6. The number of carbonyl (C=O) groups excluding carboxylic acids is 1. The fourth-order valence-corrected chi connectivity index (χ4v) is 2.44. The van der Waals surface area contributed by atoms with Crippen LogP contribution in [0.15, 0.2) is 24.3 Å². The lowest BCUT2D eigenvalue weighted by molar-refractivity contribution is 0.0934. The van der Waals surface area contributed by atoms with Gasteiger partial charge in [-0.25, -0.2) is 4.68 Å². The van der Waals surface area contributed by atoms with Gasteiger partial charge in [0.2, 0.25) is 5.88 Å². The minimum atomic E-state index is -0.258. The van der Waals surface area contributed by atoms with E-state index in [4.69, 9.17) is 14.2 Å². The second-order valence-corrected chi connectivity index (χ2v) is 5.29. The molecule has 1 aliphatic rings. The fraction of sp³-hybridized carbons (Fsp3) is 0.375.